The summed E-state index contributed by atoms with van der Waals surface area (Å²) in [6, 6.07) is 0. The third-order valence-electron chi connectivity index (χ3n) is 1.92. The molecule has 0 radical (unpaired) electrons. The summed E-state index contributed by atoms with van der Waals surface area (Å²) < 4.78 is 13.2. The fourth-order valence-electron chi connectivity index (χ4n) is 0.726. The van der Waals surface area contributed by atoms with Crippen molar-refractivity contribution in [2.75, 3.05) is 0 Å². The topological polar surface area (TPSA) is 25.8 Å². The summed E-state index contributed by atoms with van der Waals surface area (Å²) in [5.74, 6) is 0.0556. The lowest BCUT2D eigenvalue weighted by atomic mass is 10.2. The maximum atomic E-state index is 13.2. The fourth-order valence-corrected chi connectivity index (χ4v) is 1.84. The molecule has 78 valence electrons. The van der Waals surface area contributed by atoms with E-state index in [1.807, 2.05) is 6.92 Å². The summed E-state index contributed by atoms with van der Waals surface area (Å²) in [6.07, 6.45) is 1.10. The van der Waals surface area contributed by atoms with Crippen LogP contribution in [0.2, 0.25) is 5.28 Å². The van der Waals surface area contributed by atoms with E-state index in [0.29, 0.717) is 16.2 Å². The molecule has 0 saturated heterocycles. The van der Waals surface area contributed by atoms with Crippen LogP contribution in [0.4, 0.5) is 4.39 Å². The van der Waals surface area contributed by atoms with Crippen molar-refractivity contribution in [3.8, 4) is 0 Å². The summed E-state index contributed by atoms with van der Waals surface area (Å²) in [4.78, 5) is 7.39. The molecule has 0 saturated carbocycles. The predicted molar refractivity (Wildman–Crippen MR) is 57.2 cm³/mol. The van der Waals surface area contributed by atoms with Gasteiger partial charge in [0.1, 0.15) is 5.03 Å². The molecule has 0 spiro atoms. The summed E-state index contributed by atoms with van der Waals surface area (Å²) in [5, 5.41) is 0.714. The number of hydrogen-bond donors (Lipinski definition) is 0. The minimum atomic E-state index is -0.410. The maximum Gasteiger partial charge on any atom is 0.223 e. The predicted octanol–water partition coefficient (Wildman–Crippen LogP) is 3.41. The Labute approximate surface area is 92.3 Å². The average Bonchev–Trinajstić information content (AvgIpc) is 2.11. The zero-order chi connectivity index (χ0) is 10.7. The van der Waals surface area contributed by atoms with Crippen LogP contribution in [0.5, 0.6) is 0 Å². The molecule has 0 aliphatic heterocycles. The van der Waals surface area contributed by atoms with Gasteiger partial charge in [0, 0.05) is 5.25 Å². The SMILES string of the molecule is CC(C)C(C)Sc1nc(Cl)ncc1F. The summed E-state index contributed by atoms with van der Waals surface area (Å²) >= 11 is 6.96. The molecule has 2 nitrogen and oxygen atoms in total. The van der Waals surface area contributed by atoms with Gasteiger partial charge in [0.05, 0.1) is 6.20 Å². The minimum absolute atomic E-state index is 0.0878. The van der Waals surface area contributed by atoms with Gasteiger partial charge in [-0.3, -0.25) is 0 Å². The second-order valence-electron chi connectivity index (χ2n) is 3.36. The molecule has 14 heavy (non-hydrogen) atoms. The average molecular weight is 235 g/mol. The third-order valence-corrected chi connectivity index (χ3v) is 3.53. The lowest BCUT2D eigenvalue weighted by Gasteiger charge is -2.14. The van der Waals surface area contributed by atoms with Crippen LogP contribution in [0.3, 0.4) is 0 Å². The first-order valence-electron chi connectivity index (χ1n) is 4.35. The molecule has 0 fully saturated rings. The molecular weight excluding hydrogens is 223 g/mol. The van der Waals surface area contributed by atoms with E-state index in [4.69, 9.17) is 11.6 Å². The van der Waals surface area contributed by atoms with E-state index < -0.39 is 5.82 Å². The Kier molecular flexibility index (Phi) is 4.13. The number of halogens is 2. The molecule has 5 heteroatoms. The van der Waals surface area contributed by atoms with Crippen LogP contribution in [-0.2, 0) is 0 Å². The Bertz CT molecular complexity index is 320. The number of rotatable bonds is 3. The van der Waals surface area contributed by atoms with E-state index >= 15 is 0 Å². The number of aromatic nitrogens is 2. The van der Waals surface area contributed by atoms with Gasteiger partial charge in [-0.05, 0) is 17.5 Å². The Morgan fingerprint density at radius 1 is 1.43 bits per heavy atom. The van der Waals surface area contributed by atoms with Crippen LogP contribution in [0, 0.1) is 11.7 Å². The van der Waals surface area contributed by atoms with E-state index in [1.165, 1.54) is 11.8 Å². The van der Waals surface area contributed by atoms with Crippen LogP contribution >= 0.6 is 23.4 Å². The van der Waals surface area contributed by atoms with Crippen molar-refractivity contribution >= 4 is 23.4 Å². The molecule has 0 bridgehead atoms. The monoisotopic (exact) mass is 234 g/mol. The maximum absolute atomic E-state index is 13.2. The van der Waals surface area contributed by atoms with Gasteiger partial charge in [0.15, 0.2) is 5.82 Å². The van der Waals surface area contributed by atoms with Gasteiger partial charge in [0.25, 0.3) is 0 Å². The molecular formula is C9H12ClFN2S. The molecule has 1 aromatic rings. The first kappa shape index (κ1) is 11.7. The number of thioether (sulfide) groups is 1. The van der Waals surface area contributed by atoms with Crippen molar-refractivity contribution in [3.05, 3.63) is 17.3 Å². The standard InChI is InChI=1S/C9H12ClFN2S/c1-5(2)6(3)14-8-7(11)4-12-9(10)13-8/h4-6H,1-3H3. The van der Waals surface area contributed by atoms with Gasteiger partial charge in [-0.1, -0.05) is 32.5 Å². The molecule has 1 rings (SSSR count). The molecule has 1 atom stereocenters. The molecule has 0 aliphatic carbocycles. The molecule has 0 N–H and O–H groups in total. The van der Waals surface area contributed by atoms with Crippen LogP contribution in [0.25, 0.3) is 0 Å². The fraction of sp³-hybridized carbons (Fsp3) is 0.556. The van der Waals surface area contributed by atoms with Gasteiger partial charge in [-0.15, -0.1) is 0 Å². The number of nitrogens with zero attached hydrogens (tertiary/aromatic N) is 2. The summed E-state index contributed by atoms with van der Waals surface area (Å²) in [7, 11) is 0. The quantitative estimate of drug-likeness (QED) is 0.455. The van der Waals surface area contributed by atoms with Crippen LogP contribution < -0.4 is 0 Å². The van der Waals surface area contributed by atoms with E-state index in [9.17, 15) is 4.39 Å². The Morgan fingerprint density at radius 2 is 2.07 bits per heavy atom. The first-order valence-corrected chi connectivity index (χ1v) is 5.61. The normalized spacial score (nSPS) is 13.3. The highest BCUT2D eigenvalue weighted by atomic mass is 35.5. The van der Waals surface area contributed by atoms with Gasteiger partial charge in [-0.2, -0.15) is 0 Å². The largest absolute Gasteiger partial charge is 0.223 e. The van der Waals surface area contributed by atoms with E-state index in [1.54, 1.807) is 0 Å². The van der Waals surface area contributed by atoms with Crippen LogP contribution in [-0.4, -0.2) is 15.2 Å². The van der Waals surface area contributed by atoms with Crippen molar-refractivity contribution in [2.24, 2.45) is 5.92 Å². The van der Waals surface area contributed by atoms with E-state index in [2.05, 4.69) is 23.8 Å². The van der Waals surface area contributed by atoms with Crippen LogP contribution in [0.15, 0.2) is 11.2 Å². The Morgan fingerprint density at radius 3 is 2.64 bits per heavy atom. The van der Waals surface area contributed by atoms with Crippen LogP contribution in [0.1, 0.15) is 20.8 Å². The molecule has 0 aliphatic rings. The lowest BCUT2D eigenvalue weighted by Crippen LogP contribution is -2.06. The van der Waals surface area contributed by atoms with Crippen molar-refractivity contribution < 1.29 is 4.39 Å². The van der Waals surface area contributed by atoms with Gasteiger partial charge in [-0.25, -0.2) is 14.4 Å². The molecule has 0 aromatic carbocycles. The Hall–Kier alpha value is -0.350. The highest BCUT2D eigenvalue weighted by Crippen LogP contribution is 2.28. The van der Waals surface area contributed by atoms with Gasteiger partial charge >= 0.3 is 0 Å². The zero-order valence-corrected chi connectivity index (χ0v) is 9.86. The van der Waals surface area contributed by atoms with Crippen molar-refractivity contribution in [1.29, 1.82) is 0 Å². The minimum Gasteiger partial charge on any atom is -0.223 e. The lowest BCUT2D eigenvalue weighted by molar-refractivity contribution is 0.575. The molecule has 1 aromatic heterocycles. The number of hydrogen-bond acceptors (Lipinski definition) is 3. The van der Waals surface area contributed by atoms with Crippen molar-refractivity contribution in [3.63, 3.8) is 0 Å². The van der Waals surface area contributed by atoms with E-state index in [0.717, 1.165) is 6.20 Å². The van der Waals surface area contributed by atoms with Crippen molar-refractivity contribution in [2.45, 2.75) is 31.0 Å². The third kappa shape index (κ3) is 3.10. The molecule has 1 heterocycles. The first-order chi connectivity index (χ1) is 6.50. The second kappa shape index (κ2) is 4.94. The van der Waals surface area contributed by atoms with Gasteiger partial charge in [0.2, 0.25) is 5.28 Å². The zero-order valence-electron chi connectivity index (χ0n) is 8.29. The Balaban J connectivity index is 2.80. The molecule has 1 unspecified atom stereocenters. The van der Waals surface area contributed by atoms with Gasteiger partial charge < -0.3 is 0 Å². The highest BCUT2D eigenvalue weighted by Gasteiger charge is 2.13. The second-order valence-corrected chi connectivity index (χ2v) is 5.06. The summed E-state index contributed by atoms with van der Waals surface area (Å²) in [5.41, 5.74) is 0. The molecule has 0 amide bonds. The highest BCUT2D eigenvalue weighted by molar-refractivity contribution is 7.99. The summed E-state index contributed by atoms with van der Waals surface area (Å²) in [6.45, 7) is 6.20. The smallest absolute Gasteiger partial charge is 0.223 e. The van der Waals surface area contributed by atoms with Crippen molar-refractivity contribution in [1.82, 2.24) is 9.97 Å². The van der Waals surface area contributed by atoms with E-state index in [-0.39, 0.29) is 5.28 Å².